The van der Waals surface area contributed by atoms with Gasteiger partial charge in [0.15, 0.2) is 12.4 Å². The summed E-state index contributed by atoms with van der Waals surface area (Å²) in [5.41, 5.74) is 1.50. The van der Waals surface area contributed by atoms with Crippen LogP contribution in [-0.4, -0.2) is 0 Å². The molecule has 1 heteroatoms. The van der Waals surface area contributed by atoms with E-state index in [-0.39, 0.29) is 0 Å². The van der Waals surface area contributed by atoms with Crippen molar-refractivity contribution in [3.05, 3.63) is 30.1 Å². The molecular formula is C13H20N+. The van der Waals surface area contributed by atoms with Crippen LogP contribution in [-0.2, 0) is 7.05 Å². The van der Waals surface area contributed by atoms with Crippen molar-refractivity contribution in [1.29, 1.82) is 0 Å². The maximum absolute atomic E-state index is 2.38. The number of hydrogen-bond donors (Lipinski definition) is 0. The van der Waals surface area contributed by atoms with Crippen molar-refractivity contribution in [3.8, 4) is 0 Å². The van der Waals surface area contributed by atoms with Gasteiger partial charge in [0.2, 0.25) is 0 Å². The fourth-order valence-electron chi connectivity index (χ4n) is 2.61. The fourth-order valence-corrected chi connectivity index (χ4v) is 2.61. The number of nitrogens with zero attached hydrogens (tertiary/aromatic N) is 1. The van der Waals surface area contributed by atoms with E-state index in [1.807, 2.05) is 0 Å². The van der Waals surface area contributed by atoms with E-state index in [1.165, 1.54) is 31.2 Å². The van der Waals surface area contributed by atoms with E-state index in [4.69, 9.17) is 0 Å². The van der Waals surface area contributed by atoms with Gasteiger partial charge in [-0.1, -0.05) is 19.8 Å². The van der Waals surface area contributed by atoms with E-state index in [2.05, 4.69) is 43.1 Å². The van der Waals surface area contributed by atoms with Gasteiger partial charge in [-0.2, -0.15) is 0 Å². The highest BCUT2D eigenvalue weighted by Gasteiger charge is 2.23. The Balaban J connectivity index is 2.13. The van der Waals surface area contributed by atoms with E-state index >= 15 is 0 Å². The average Bonchev–Trinajstić information content (AvgIpc) is 2.69. The maximum atomic E-state index is 2.38. The quantitative estimate of drug-likeness (QED) is 0.631. The molecule has 1 fully saturated rings. The molecule has 0 N–H and O–H groups in total. The van der Waals surface area contributed by atoms with E-state index < -0.39 is 0 Å². The summed E-state index contributed by atoms with van der Waals surface area (Å²) in [5.74, 6) is 1.67. The molecule has 0 spiro atoms. The molecule has 2 rings (SSSR count). The van der Waals surface area contributed by atoms with Crippen LogP contribution in [0.1, 0.15) is 44.1 Å². The minimum Gasteiger partial charge on any atom is -0.208 e. The topological polar surface area (TPSA) is 3.88 Å². The lowest BCUT2D eigenvalue weighted by molar-refractivity contribution is -0.672. The van der Waals surface area contributed by atoms with Gasteiger partial charge in [0.1, 0.15) is 7.05 Å². The summed E-state index contributed by atoms with van der Waals surface area (Å²) in [7, 11) is 2.10. The van der Waals surface area contributed by atoms with E-state index in [9.17, 15) is 0 Å². The maximum Gasteiger partial charge on any atom is 0.171 e. The molecular weight excluding hydrogens is 170 g/mol. The molecule has 0 aliphatic heterocycles. The summed E-state index contributed by atoms with van der Waals surface area (Å²) < 4.78 is 2.15. The van der Waals surface area contributed by atoms with E-state index in [0.717, 1.165) is 11.8 Å². The molecule has 76 valence electrons. The Morgan fingerprint density at radius 3 is 2.71 bits per heavy atom. The molecule has 1 aliphatic carbocycles. The van der Waals surface area contributed by atoms with Gasteiger partial charge in [-0.15, -0.1) is 0 Å². The Labute approximate surface area is 86.8 Å². The van der Waals surface area contributed by atoms with Crippen LogP contribution in [0.15, 0.2) is 24.5 Å². The first-order chi connectivity index (χ1) is 6.77. The molecule has 1 aromatic rings. The van der Waals surface area contributed by atoms with Crippen LogP contribution in [0, 0.1) is 5.92 Å². The third-order valence-corrected chi connectivity index (χ3v) is 3.60. The van der Waals surface area contributed by atoms with Crippen molar-refractivity contribution in [1.82, 2.24) is 0 Å². The summed E-state index contributed by atoms with van der Waals surface area (Å²) in [6.45, 7) is 2.38. The Kier molecular flexibility index (Phi) is 2.85. The second kappa shape index (κ2) is 4.12. The number of aromatic nitrogens is 1. The van der Waals surface area contributed by atoms with Crippen LogP contribution < -0.4 is 4.57 Å². The van der Waals surface area contributed by atoms with Gasteiger partial charge in [-0.3, -0.25) is 0 Å². The second-order valence-corrected chi connectivity index (χ2v) is 4.64. The van der Waals surface area contributed by atoms with Gasteiger partial charge in [-0.05, 0) is 30.7 Å². The highest BCUT2D eigenvalue weighted by atomic mass is 14.9. The summed E-state index contributed by atoms with van der Waals surface area (Å²) in [5, 5.41) is 0. The Morgan fingerprint density at radius 2 is 2.07 bits per heavy atom. The van der Waals surface area contributed by atoms with Gasteiger partial charge in [0, 0.05) is 11.6 Å². The smallest absolute Gasteiger partial charge is 0.171 e. The first-order valence-electron chi connectivity index (χ1n) is 5.72. The van der Waals surface area contributed by atoms with Crippen molar-refractivity contribution >= 4 is 0 Å². The number of rotatable bonds is 2. The molecule has 0 amide bonds. The molecule has 1 atom stereocenters. The molecule has 1 saturated carbocycles. The molecule has 0 bridgehead atoms. The van der Waals surface area contributed by atoms with Crippen LogP contribution in [0.3, 0.4) is 0 Å². The highest BCUT2D eigenvalue weighted by Crippen LogP contribution is 2.36. The molecule has 1 aromatic heterocycles. The number of aryl methyl sites for hydroxylation is 1. The standard InChI is InChI=1S/C13H20N/c1-11(12-6-3-4-7-12)13-8-5-9-14(2)10-13/h5,8-12H,3-4,6-7H2,1-2H3/q+1/t11-/m1/s1. The van der Waals surface area contributed by atoms with Crippen LogP contribution in [0.2, 0.25) is 0 Å². The molecule has 14 heavy (non-hydrogen) atoms. The normalized spacial score (nSPS) is 19.9. The van der Waals surface area contributed by atoms with Gasteiger partial charge in [-0.25, -0.2) is 4.57 Å². The number of hydrogen-bond acceptors (Lipinski definition) is 0. The first kappa shape index (κ1) is 9.70. The van der Waals surface area contributed by atoms with E-state index in [1.54, 1.807) is 0 Å². The molecule has 0 radical (unpaired) electrons. The Morgan fingerprint density at radius 1 is 1.36 bits per heavy atom. The zero-order valence-corrected chi connectivity index (χ0v) is 9.24. The zero-order chi connectivity index (χ0) is 9.97. The van der Waals surface area contributed by atoms with Crippen molar-refractivity contribution in [2.75, 3.05) is 0 Å². The minimum atomic E-state index is 0.741. The summed E-state index contributed by atoms with van der Waals surface area (Å²) >= 11 is 0. The lowest BCUT2D eigenvalue weighted by atomic mass is 9.87. The predicted molar refractivity (Wildman–Crippen MR) is 58.0 cm³/mol. The van der Waals surface area contributed by atoms with Crippen molar-refractivity contribution in [3.63, 3.8) is 0 Å². The fraction of sp³-hybridized carbons (Fsp3) is 0.615. The summed E-state index contributed by atoms with van der Waals surface area (Å²) in [6.07, 6.45) is 10.1. The van der Waals surface area contributed by atoms with Crippen molar-refractivity contribution < 1.29 is 4.57 Å². The molecule has 0 saturated heterocycles. The lowest BCUT2D eigenvalue weighted by Crippen LogP contribution is -2.27. The number of pyridine rings is 1. The van der Waals surface area contributed by atoms with Crippen LogP contribution in [0.5, 0.6) is 0 Å². The van der Waals surface area contributed by atoms with Crippen LogP contribution in [0.25, 0.3) is 0 Å². The van der Waals surface area contributed by atoms with Crippen LogP contribution >= 0.6 is 0 Å². The van der Waals surface area contributed by atoms with Crippen LogP contribution in [0.4, 0.5) is 0 Å². The average molecular weight is 190 g/mol. The monoisotopic (exact) mass is 190 g/mol. The molecule has 1 aliphatic rings. The SMILES string of the molecule is C[C@@H](c1ccc[n+](C)c1)C1CCCC1. The predicted octanol–water partition coefficient (Wildman–Crippen LogP) is 2.80. The molecule has 1 heterocycles. The lowest BCUT2D eigenvalue weighted by Gasteiger charge is -2.17. The van der Waals surface area contributed by atoms with Gasteiger partial charge in [0.05, 0.1) is 0 Å². The van der Waals surface area contributed by atoms with Crippen molar-refractivity contribution in [2.45, 2.75) is 38.5 Å². The van der Waals surface area contributed by atoms with Gasteiger partial charge in [0.25, 0.3) is 0 Å². The molecule has 1 nitrogen and oxygen atoms in total. The molecule has 0 unspecified atom stereocenters. The van der Waals surface area contributed by atoms with Gasteiger partial charge >= 0.3 is 0 Å². The Hall–Kier alpha value is -0.850. The van der Waals surface area contributed by atoms with Crippen molar-refractivity contribution in [2.24, 2.45) is 13.0 Å². The summed E-state index contributed by atoms with van der Waals surface area (Å²) in [6, 6.07) is 4.42. The third-order valence-electron chi connectivity index (χ3n) is 3.60. The molecule has 0 aromatic carbocycles. The highest BCUT2D eigenvalue weighted by molar-refractivity contribution is 5.12. The summed E-state index contributed by atoms with van der Waals surface area (Å²) in [4.78, 5) is 0. The van der Waals surface area contributed by atoms with Gasteiger partial charge < -0.3 is 0 Å². The Bertz CT molecular complexity index is 300. The zero-order valence-electron chi connectivity index (χ0n) is 9.24. The second-order valence-electron chi connectivity index (χ2n) is 4.64. The largest absolute Gasteiger partial charge is 0.208 e. The minimum absolute atomic E-state index is 0.741. The first-order valence-corrected chi connectivity index (χ1v) is 5.72. The third kappa shape index (κ3) is 1.97. The van der Waals surface area contributed by atoms with E-state index in [0.29, 0.717) is 0 Å².